The quantitative estimate of drug-likeness (QED) is 0.271. The molecule has 0 saturated carbocycles. The summed E-state index contributed by atoms with van der Waals surface area (Å²) in [5, 5.41) is 2.67. The first-order chi connectivity index (χ1) is 21.1. The first-order valence-corrected chi connectivity index (χ1v) is 15.0. The van der Waals surface area contributed by atoms with E-state index in [2.05, 4.69) is 30.2 Å². The molecule has 5 heterocycles. The maximum Gasteiger partial charge on any atom is 0.408 e. The summed E-state index contributed by atoms with van der Waals surface area (Å²) in [7, 11) is 1.89. The van der Waals surface area contributed by atoms with Crippen molar-refractivity contribution in [3.63, 3.8) is 0 Å². The van der Waals surface area contributed by atoms with E-state index in [-0.39, 0.29) is 13.2 Å². The Morgan fingerprint density at radius 3 is 2.43 bits per heavy atom. The number of anilines is 2. The molecule has 1 aliphatic heterocycles. The second kappa shape index (κ2) is 13.4. The third-order valence-corrected chi connectivity index (χ3v) is 7.46. The number of thiophene rings is 1. The Bertz CT molecular complexity index is 1600. The minimum absolute atomic E-state index is 0.130. The van der Waals surface area contributed by atoms with Gasteiger partial charge in [-0.05, 0) is 33.8 Å². The van der Waals surface area contributed by atoms with Crippen molar-refractivity contribution in [1.82, 2.24) is 35.2 Å². The lowest BCUT2D eigenvalue weighted by molar-refractivity contribution is 0.0513. The van der Waals surface area contributed by atoms with E-state index < -0.39 is 17.7 Å². The molecule has 0 aromatic carbocycles. The summed E-state index contributed by atoms with van der Waals surface area (Å²) in [6.45, 7) is 10.8. The molecule has 0 radical (unpaired) electrons. The number of morpholine rings is 1. The van der Waals surface area contributed by atoms with Gasteiger partial charge < -0.3 is 29.3 Å². The van der Waals surface area contributed by atoms with Gasteiger partial charge in [0.1, 0.15) is 11.4 Å². The van der Waals surface area contributed by atoms with Crippen LogP contribution in [-0.4, -0.2) is 87.5 Å². The van der Waals surface area contributed by atoms with E-state index >= 15 is 0 Å². The third-order valence-electron chi connectivity index (χ3n) is 6.35. The molecule has 0 unspecified atom stereocenters. The van der Waals surface area contributed by atoms with Gasteiger partial charge >= 0.3 is 12.1 Å². The third kappa shape index (κ3) is 7.71. The lowest BCUT2D eigenvalue weighted by Crippen LogP contribution is -2.36. The van der Waals surface area contributed by atoms with E-state index in [1.54, 1.807) is 51.4 Å². The molecule has 15 heteroatoms. The van der Waals surface area contributed by atoms with Crippen LogP contribution in [0.5, 0.6) is 0 Å². The standard InChI is InChI=1S/C29H35N9O5S/c1-6-42-26(39)19-14-32-27(33-15-19)37(5)17-20-11-21-23(44-20)25(38-7-9-41-10-8-38)36-24(35-21)18-12-30-22(31-13-18)16-34-28(40)43-29(2,3)4/h11-15H,6-10,16-17H2,1-5H3,(H,34,40). The van der Waals surface area contributed by atoms with Crippen molar-refractivity contribution >= 4 is 45.4 Å². The number of aromatic nitrogens is 6. The van der Waals surface area contributed by atoms with E-state index in [1.165, 1.54) is 12.4 Å². The van der Waals surface area contributed by atoms with E-state index in [0.717, 1.165) is 20.9 Å². The van der Waals surface area contributed by atoms with E-state index in [0.29, 0.717) is 61.6 Å². The second-order valence-corrected chi connectivity index (χ2v) is 12.1. The fraction of sp³-hybridized carbons (Fsp3) is 0.448. The number of fused-ring (bicyclic) bond motifs is 1. The predicted octanol–water partition coefficient (Wildman–Crippen LogP) is 3.61. The summed E-state index contributed by atoms with van der Waals surface area (Å²) in [5.41, 5.74) is 1.17. The zero-order valence-electron chi connectivity index (χ0n) is 25.4. The number of esters is 1. The highest BCUT2D eigenvalue weighted by atomic mass is 32.1. The summed E-state index contributed by atoms with van der Waals surface area (Å²) >= 11 is 1.61. The van der Waals surface area contributed by atoms with Crippen LogP contribution in [0.1, 0.15) is 48.8 Å². The molecule has 0 aliphatic carbocycles. The highest BCUT2D eigenvalue weighted by Crippen LogP contribution is 2.35. The van der Waals surface area contributed by atoms with Gasteiger partial charge in [0.2, 0.25) is 5.95 Å². The van der Waals surface area contributed by atoms with Crippen molar-refractivity contribution in [1.29, 1.82) is 0 Å². The fourth-order valence-corrected chi connectivity index (χ4v) is 5.50. The SMILES string of the molecule is CCOC(=O)c1cnc(N(C)Cc2cc3nc(-c4cnc(CNC(=O)OC(C)(C)C)nc4)nc(N4CCOCC4)c3s2)nc1. The number of hydrogen-bond acceptors (Lipinski definition) is 14. The van der Waals surface area contributed by atoms with Gasteiger partial charge in [0.15, 0.2) is 11.6 Å². The molecule has 4 aromatic heterocycles. The molecular formula is C29H35N9O5S. The molecule has 5 rings (SSSR count). The largest absolute Gasteiger partial charge is 0.462 e. The monoisotopic (exact) mass is 621 g/mol. The summed E-state index contributed by atoms with van der Waals surface area (Å²) in [6.07, 6.45) is 5.71. The van der Waals surface area contributed by atoms with Crippen LogP contribution in [-0.2, 0) is 27.3 Å². The van der Waals surface area contributed by atoms with E-state index in [1.807, 2.05) is 18.0 Å². The van der Waals surface area contributed by atoms with Gasteiger partial charge in [-0.3, -0.25) is 0 Å². The summed E-state index contributed by atoms with van der Waals surface area (Å²) in [5.74, 6) is 1.80. The molecule has 0 spiro atoms. The molecule has 14 nitrogen and oxygen atoms in total. The van der Waals surface area contributed by atoms with Crippen LogP contribution in [0.25, 0.3) is 21.6 Å². The van der Waals surface area contributed by atoms with Gasteiger partial charge in [0.05, 0.1) is 54.3 Å². The summed E-state index contributed by atoms with van der Waals surface area (Å²) in [6, 6.07) is 2.04. The molecule has 1 fully saturated rings. The van der Waals surface area contributed by atoms with E-state index in [4.69, 9.17) is 24.2 Å². The van der Waals surface area contributed by atoms with Crippen LogP contribution in [0.4, 0.5) is 16.6 Å². The Hall–Kier alpha value is -4.50. The van der Waals surface area contributed by atoms with Gasteiger partial charge in [0, 0.05) is 49.8 Å². The molecule has 232 valence electrons. The van der Waals surface area contributed by atoms with Crippen molar-refractivity contribution < 1.29 is 23.8 Å². The number of carbonyl (C=O) groups excluding carboxylic acids is 2. The van der Waals surface area contributed by atoms with Crippen LogP contribution in [0, 0.1) is 0 Å². The Morgan fingerprint density at radius 2 is 1.77 bits per heavy atom. The Labute approximate surface area is 258 Å². The van der Waals surface area contributed by atoms with E-state index in [9.17, 15) is 9.59 Å². The summed E-state index contributed by atoms with van der Waals surface area (Å²) < 4.78 is 16.8. The van der Waals surface area contributed by atoms with Crippen LogP contribution in [0.2, 0.25) is 0 Å². The molecule has 1 saturated heterocycles. The number of rotatable bonds is 9. The average molecular weight is 622 g/mol. The zero-order chi connectivity index (χ0) is 31.3. The van der Waals surface area contributed by atoms with Crippen molar-refractivity contribution in [2.75, 3.05) is 49.8 Å². The number of alkyl carbamates (subject to hydrolysis) is 1. The smallest absolute Gasteiger partial charge is 0.408 e. The van der Waals surface area contributed by atoms with Crippen molar-refractivity contribution in [2.24, 2.45) is 0 Å². The molecule has 4 aromatic rings. The highest BCUT2D eigenvalue weighted by molar-refractivity contribution is 7.19. The van der Waals surface area contributed by atoms with Gasteiger partial charge in [-0.15, -0.1) is 11.3 Å². The lowest BCUT2D eigenvalue weighted by atomic mass is 10.2. The van der Waals surface area contributed by atoms with Gasteiger partial charge in [-0.1, -0.05) is 0 Å². The number of ether oxygens (including phenoxy) is 3. The maximum atomic E-state index is 12.0. The van der Waals surface area contributed by atoms with Crippen LogP contribution in [0.3, 0.4) is 0 Å². The first kappa shape index (κ1) is 30.9. The normalized spacial score (nSPS) is 13.5. The number of nitrogens with one attached hydrogen (secondary N) is 1. The fourth-order valence-electron chi connectivity index (χ4n) is 4.33. The Kier molecular flexibility index (Phi) is 9.44. The van der Waals surface area contributed by atoms with Crippen molar-refractivity contribution in [3.05, 3.63) is 47.1 Å². The minimum atomic E-state index is -0.593. The van der Waals surface area contributed by atoms with Gasteiger partial charge in [-0.2, -0.15) is 0 Å². The first-order valence-electron chi connectivity index (χ1n) is 14.2. The Balaban J connectivity index is 1.37. The van der Waals surface area contributed by atoms with Crippen LogP contribution in [0.15, 0.2) is 30.9 Å². The number of carbonyl (C=O) groups is 2. The predicted molar refractivity (Wildman–Crippen MR) is 165 cm³/mol. The zero-order valence-corrected chi connectivity index (χ0v) is 26.2. The molecule has 0 atom stereocenters. The average Bonchev–Trinajstić information content (AvgIpc) is 3.42. The number of hydrogen-bond donors (Lipinski definition) is 1. The maximum absolute atomic E-state index is 12.0. The van der Waals surface area contributed by atoms with Crippen molar-refractivity contribution in [2.45, 2.75) is 46.4 Å². The van der Waals surface area contributed by atoms with Crippen LogP contribution >= 0.6 is 11.3 Å². The second-order valence-electron chi connectivity index (χ2n) is 11.0. The minimum Gasteiger partial charge on any atom is -0.462 e. The van der Waals surface area contributed by atoms with Gasteiger partial charge in [0.25, 0.3) is 0 Å². The molecule has 44 heavy (non-hydrogen) atoms. The molecule has 1 aliphatic rings. The molecular weight excluding hydrogens is 586 g/mol. The lowest BCUT2D eigenvalue weighted by Gasteiger charge is -2.28. The van der Waals surface area contributed by atoms with Gasteiger partial charge in [-0.25, -0.2) is 39.5 Å². The molecule has 0 bridgehead atoms. The topological polar surface area (TPSA) is 158 Å². The molecule has 1 N–H and O–H groups in total. The number of amides is 1. The van der Waals surface area contributed by atoms with Crippen molar-refractivity contribution in [3.8, 4) is 11.4 Å². The highest BCUT2D eigenvalue weighted by Gasteiger charge is 2.22. The Morgan fingerprint density at radius 1 is 1.07 bits per heavy atom. The van der Waals surface area contributed by atoms with Crippen LogP contribution < -0.4 is 15.1 Å². The summed E-state index contributed by atoms with van der Waals surface area (Å²) in [4.78, 5) is 56.4. The number of nitrogens with zero attached hydrogens (tertiary/aromatic N) is 8. The molecule has 1 amide bonds.